The third kappa shape index (κ3) is 6.05. The normalized spacial score (nSPS) is 20.4. The molecule has 0 radical (unpaired) electrons. The number of amides is 2. The van der Waals surface area contributed by atoms with Crippen molar-refractivity contribution in [3.05, 3.63) is 130 Å². The lowest BCUT2D eigenvalue weighted by Crippen LogP contribution is -2.41. The predicted molar refractivity (Wildman–Crippen MR) is 179 cm³/mol. The van der Waals surface area contributed by atoms with Crippen LogP contribution in [0.1, 0.15) is 75.7 Å². The molecule has 2 atom stereocenters. The van der Waals surface area contributed by atoms with Crippen LogP contribution < -0.4 is 4.18 Å². The molecule has 1 heterocycles. The Morgan fingerprint density at radius 1 is 0.694 bits per heavy atom. The highest BCUT2D eigenvalue weighted by molar-refractivity contribution is 7.87. The molecule has 0 aromatic heterocycles. The van der Waals surface area contributed by atoms with Gasteiger partial charge in [-0.3, -0.25) is 24.1 Å². The number of carbonyl (C=O) groups is 4. The summed E-state index contributed by atoms with van der Waals surface area (Å²) < 4.78 is 35.4. The number of imide groups is 1. The van der Waals surface area contributed by atoms with Gasteiger partial charge in [-0.1, -0.05) is 72.6 Å². The summed E-state index contributed by atoms with van der Waals surface area (Å²) in [4.78, 5) is 53.8. The lowest BCUT2D eigenvalue weighted by atomic mass is 9.55. The van der Waals surface area contributed by atoms with Crippen LogP contribution in [-0.4, -0.2) is 50.0 Å². The molecule has 250 valence electrons. The summed E-state index contributed by atoms with van der Waals surface area (Å²) in [7, 11) is -4.03. The van der Waals surface area contributed by atoms with Crippen molar-refractivity contribution in [2.24, 2.45) is 11.8 Å². The Morgan fingerprint density at radius 3 is 1.76 bits per heavy atom. The van der Waals surface area contributed by atoms with E-state index in [0.717, 1.165) is 27.8 Å². The lowest BCUT2D eigenvalue weighted by molar-refractivity contribution is -0.143. The molecule has 1 fully saturated rings. The van der Waals surface area contributed by atoms with Crippen LogP contribution in [0.15, 0.2) is 102 Å². The first kappa shape index (κ1) is 32.5. The maximum absolute atomic E-state index is 13.7. The number of rotatable bonds is 12. The van der Waals surface area contributed by atoms with E-state index in [1.807, 2.05) is 31.2 Å². The number of carbonyl (C=O) groups excluding carboxylic acids is 4. The number of likely N-dealkylation sites (tertiary alicyclic amines) is 1. The van der Waals surface area contributed by atoms with Gasteiger partial charge in [0.1, 0.15) is 10.6 Å². The SMILES string of the molecule is Cc1ccc(S(=O)(=O)Oc2ccc(C(=O)COC(=O)CCCCCN3C(=O)[C@@H]4C5c6ccccc6C(c6ccccc65)[C@@H]4C3=O)cc2)cc1. The van der Waals surface area contributed by atoms with Gasteiger partial charge in [0.25, 0.3) is 0 Å². The van der Waals surface area contributed by atoms with Crippen molar-refractivity contribution in [2.45, 2.75) is 49.3 Å². The summed E-state index contributed by atoms with van der Waals surface area (Å²) in [5, 5.41) is 0. The molecule has 4 aliphatic rings. The van der Waals surface area contributed by atoms with Crippen molar-refractivity contribution in [3.63, 3.8) is 0 Å². The van der Waals surface area contributed by atoms with Crippen molar-refractivity contribution in [1.29, 1.82) is 0 Å². The fourth-order valence-corrected chi connectivity index (χ4v) is 8.48. The zero-order valence-electron chi connectivity index (χ0n) is 26.9. The maximum Gasteiger partial charge on any atom is 0.339 e. The molecule has 0 spiro atoms. The van der Waals surface area contributed by atoms with E-state index in [1.54, 1.807) is 12.1 Å². The minimum atomic E-state index is -4.03. The number of hydrogen-bond acceptors (Lipinski definition) is 8. The second-order valence-corrected chi connectivity index (χ2v) is 14.4. The first-order valence-electron chi connectivity index (χ1n) is 16.5. The largest absolute Gasteiger partial charge is 0.457 e. The summed E-state index contributed by atoms with van der Waals surface area (Å²) in [6.45, 7) is 1.70. The third-order valence-electron chi connectivity index (χ3n) is 9.86. The van der Waals surface area contributed by atoms with Gasteiger partial charge in [0.2, 0.25) is 11.8 Å². The Hall–Kier alpha value is -5.09. The Bertz CT molecular complexity index is 1940. The Kier molecular flexibility index (Phi) is 8.66. The number of aryl methyl sites for hydroxylation is 1. The van der Waals surface area contributed by atoms with Gasteiger partial charge < -0.3 is 8.92 Å². The van der Waals surface area contributed by atoms with E-state index in [9.17, 15) is 27.6 Å². The van der Waals surface area contributed by atoms with Gasteiger partial charge in [-0.15, -0.1) is 0 Å². The maximum atomic E-state index is 13.7. The smallest absolute Gasteiger partial charge is 0.339 e. The average Bonchev–Trinajstić information content (AvgIpc) is 3.36. The predicted octanol–water partition coefficient (Wildman–Crippen LogP) is 5.94. The summed E-state index contributed by atoms with van der Waals surface area (Å²) >= 11 is 0. The standard InChI is InChI=1S/C39H35NO8S/c1-24-14-20-27(21-15-24)49(45,46)48-26-18-16-25(17-19-26)32(41)23-47-33(42)13-3-2-8-22-40-38(43)36-34-28-9-4-5-10-29(28)35(37(36)39(40)44)31-12-7-6-11-30(31)34/h4-7,9-12,14-21,34-37H,2-3,8,13,22-23H2,1H3/t34?,35?,36-,37+. The average molecular weight is 678 g/mol. The summed E-state index contributed by atoms with van der Waals surface area (Å²) in [5.41, 5.74) is 5.72. The van der Waals surface area contributed by atoms with E-state index >= 15 is 0 Å². The first-order chi connectivity index (χ1) is 23.6. The Labute approximate surface area is 285 Å². The third-order valence-corrected chi connectivity index (χ3v) is 11.1. The van der Waals surface area contributed by atoms with Gasteiger partial charge in [0, 0.05) is 30.4 Å². The fourth-order valence-electron chi connectivity index (χ4n) is 7.55. The monoisotopic (exact) mass is 677 g/mol. The molecular formula is C39H35NO8S. The number of benzene rings is 4. The van der Waals surface area contributed by atoms with Crippen LogP contribution in [0, 0.1) is 18.8 Å². The molecule has 2 amide bonds. The quantitative estimate of drug-likeness (QED) is 0.0594. The number of unbranched alkanes of at least 4 members (excludes halogenated alkanes) is 2. The second-order valence-electron chi connectivity index (χ2n) is 12.9. The number of nitrogens with zero attached hydrogens (tertiary/aromatic N) is 1. The molecule has 49 heavy (non-hydrogen) atoms. The molecule has 0 saturated carbocycles. The summed E-state index contributed by atoms with van der Waals surface area (Å²) in [6, 6.07) is 28.1. The van der Waals surface area contributed by atoms with Crippen LogP contribution >= 0.6 is 0 Å². The highest BCUT2D eigenvalue weighted by Gasteiger charge is 2.61. The van der Waals surface area contributed by atoms with Crippen molar-refractivity contribution < 1.29 is 36.5 Å². The number of ether oxygens (including phenoxy) is 1. The van der Waals surface area contributed by atoms with Crippen LogP contribution in [0.5, 0.6) is 5.75 Å². The summed E-state index contributed by atoms with van der Waals surface area (Å²) in [6.07, 6.45) is 1.75. The van der Waals surface area contributed by atoms with Crippen LogP contribution in [0.25, 0.3) is 0 Å². The molecule has 9 nitrogen and oxygen atoms in total. The topological polar surface area (TPSA) is 124 Å². The van der Waals surface area contributed by atoms with Gasteiger partial charge in [-0.25, -0.2) is 0 Å². The van der Waals surface area contributed by atoms with Gasteiger partial charge in [0.15, 0.2) is 12.4 Å². The molecule has 3 aliphatic carbocycles. The van der Waals surface area contributed by atoms with Gasteiger partial charge >= 0.3 is 16.1 Å². The molecule has 0 N–H and O–H groups in total. The number of hydrogen-bond donors (Lipinski definition) is 0. The van der Waals surface area contributed by atoms with Crippen LogP contribution in [0.3, 0.4) is 0 Å². The van der Waals surface area contributed by atoms with Gasteiger partial charge in [-0.2, -0.15) is 8.42 Å². The van der Waals surface area contributed by atoms with E-state index in [0.29, 0.717) is 25.8 Å². The van der Waals surface area contributed by atoms with Crippen LogP contribution in [-0.2, 0) is 29.2 Å². The van der Waals surface area contributed by atoms with Gasteiger partial charge in [-0.05, 0) is 78.4 Å². The van der Waals surface area contributed by atoms with Crippen LogP contribution in [0.4, 0.5) is 0 Å². The van der Waals surface area contributed by atoms with E-state index < -0.39 is 40.3 Å². The van der Waals surface area contributed by atoms with Crippen molar-refractivity contribution >= 4 is 33.7 Å². The molecule has 4 aromatic carbocycles. The molecule has 1 saturated heterocycles. The summed E-state index contributed by atoms with van der Waals surface area (Å²) in [5.74, 6) is -2.20. The Morgan fingerprint density at radius 2 is 1.22 bits per heavy atom. The van der Waals surface area contributed by atoms with E-state index in [2.05, 4.69) is 24.3 Å². The highest BCUT2D eigenvalue weighted by atomic mass is 32.2. The van der Waals surface area contributed by atoms with Crippen molar-refractivity contribution in [1.82, 2.24) is 4.90 Å². The number of Topliss-reactive ketones (excluding diaryl/α,β-unsaturated/α-hetero) is 1. The van der Waals surface area contributed by atoms with Crippen molar-refractivity contribution in [3.8, 4) is 5.75 Å². The zero-order chi connectivity index (χ0) is 34.3. The zero-order valence-corrected chi connectivity index (χ0v) is 27.7. The first-order valence-corrected chi connectivity index (χ1v) is 17.9. The van der Waals surface area contributed by atoms with Gasteiger partial charge in [0.05, 0.1) is 11.8 Å². The second kappa shape index (κ2) is 13.1. The molecule has 2 bridgehead atoms. The number of esters is 1. The Balaban J connectivity index is 0.865. The van der Waals surface area contributed by atoms with E-state index in [1.165, 1.54) is 41.3 Å². The van der Waals surface area contributed by atoms with E-state index in [4.69, 9.17) is 8.92 Å². The van der Waals surface area contributed by atoms with Crippen molar-refractivity contribution in [2.75, 3.05) is 13.2 Å². The minimum Gasteiger partial charge on any atom is -0.457 e. The number of ketones is 1. The molecule has 1 aliphatic heterocycles. The molecule has 10 heteroatoms. The molecular weight excluding hydrogens is 642 g/mol. The lowest BCUT2D eigenvalue weighted by Gasteiger charge is -2.45. The minimum absolute atomic E-state index is 0.0188. The molecule has 0 unspecified atom stereocenters. The fraction of sp³-hybridized carbons (Fsp3) is 0.282. The molecule has 4 aromatic rings. The van der Waals surface area contributed by atoms with E-state index in [-0.39, 0.29) is 46.3 Å². The molecule has 8 rings (SSSR count). The van der Waals surface area contributed by atoms with Crippen LogP contribution in [0.2, 0.25) is 0 Å². The highest BCUT2D eigenvalue weighted by Crippen LogP contribution is 2.60.